The second-order valence-electron chi connectivity index (χ2n) is 6.28. The van der Waals surface area contributed by atoms with Crippen molar-refractivity contribution in [3.63, 3.8) is 0 Å². The zero-order valence-electron chi connectivity index (χ0n) is 14.9. The normalized spacial score (nSPS) is 13.0. The minimum atomic E-state index is -0.228. The van der Waals surface area contributed by atoms with Crippen LogP contribution in [0.2, 0.25) is 0 Å². The van der Waals surface area contributed by atoms with Crippen LogP contribution in [0.15, 0.2) is 35.7 Å². The maximum absolute atomic E-state index is 12.2. The molecule has 0 aliphatic carbocycles. The van der Waals surface area contributed by atoms with Gasteiger partial charge in [0.25, 0.3) is 0 Å². The first-order valence-electron chi connectivity index (χ1n) is 8.82. The molecule has 3 rings (SSSR count). The van der Waals surface area contributed by atoms with Crippen LogP contribution in [0, 0.1) is 0 Å². The fourth-order valence-electron chi connectivity index (χ4n) is 3.03. The van der Waals surface area contributed by atoms with E-state index < -0.39 is 0 Å². The van der Waals surface area contributed by atoms with E-state index in [1.54, 1.807) is 0 Å². The van der Waals surface area contributed by atoms with E-state index in [0.717, 1.165) is 30.9 Å². The Morgan fingerprint density at radius 2 is 1.96 bits per heavy atom. The Morgan fingerprint density at radius 3 is 2.81 bits per heavy atom. The highest BCUT2D eigenvalue weighted by Gasteiger charge is 2.19. The molecule has 3 amide bonds. The lowest BCUT2D eigenvalue weighted by atomic mass is 10.1. The molecule has 7 heteroatoms. The molecular weight excluding hydrogens is 348 g/mol. The summed E-state index contributed by atoms with van der Waals surface area (Å²) in [6.07, 6.45) is 1.73. The fourth-order valence-corrected chi connectivity index (χ4v) is 3.92. The number of amides is 3. The van der Waals surface area contributed by atoms with Crippen LogP contribution in [-0.4, -0.2) is 31.6 Å². The van der Waals surface area contributed by atoms with Crippen LogP contribution in [0.4, 0.5) is 16.2 Å². The molecule has 1 aromatic carbocycles. The SMILES string of the molecule is CC(=O)NCCCNC(=O)Nc1ccccc1N1CCc2sccc2C1. The van der Waals surface area contributed by atoms with Gasteiger partial charge in [-0.1, -0.05) is 12.1 Å². The van der Waals surface area contributed by atoms with E-state index in [2.05, 4.69) is 32.3 Å². The van der Waals surface area contributed by atoms with Crippen molar-refractivity contribution in [3.05, 3.63) is 46.2 Å². The van der Waals surface area contributed by atoms with E-state index in [0.29, 0.717) is 19.5 Å². The second-order valence-corrected chi connectivity index (χ2v) is 7.28. The van der Waals surface area contributed by atoms with Crippen molar-refractivity contribution in [1.82, 2.24) is 10.6 Å². The van der Waals surface area contributed by atoms with Gasteiger partial charge in [0.15, 0.2) is 0 Å². The Morgan fingerprint density at radius 1 is 1.15 bits per heavy atom. The Kier molecular flexibility index (Phi) is 6.12. The van der Waals surface area contributed by atoms with Gasteiger partial charge in [-0.05, 0) is 42.0 Å². The molecule has 0 bridgehead atoms. The van der Waals surface area contributed by atoms with E-state index in [1.807, 2.05) is 35.6 Å². The van der Waals surface area contributed by atoms with E-state index in [-0.39, 0.29) is 11.9 Å². The van der Waals surface area contributed by atoms with Crippen LogP contribution in [0.3, 0.4) is 0 Å². The molecule has 0 unspecified atom stereocenters. The minimum Gasteiger partial charge on any atom is -0.365 e. The Hall–Kier alpha value is -2.54. The number of fused-ring (bicyclic) bond motifs is 1. The number of nitrogens with zero attached hydrogens (tertiary/aromatic N) is 1. The number of carbonyl (C=O) groups excluding carboxylic acids is 2. The number of para-hydroxylation sites is 2. The predicted octanol–water partition coefficient (Wildman–Crippen LogP) is 2.96. The van der Waals surface area contributed by atoms with Crippen molar-refractivity contribution >= 4 is 34.6 Å². The number of hydrogen-bond acceptors (Lipinski definition) is 4. The first-order chi connectivity index (χ1) is 12.6. The van der Waals surface area contributed by atoms with Gasteiger partial charge < -0.3 is 20.9 Å². The van der Waals surface area contributed by atoms with Gasteiger partial charge in [-0.25, -0.2) is 4.79 Å². The summed E-state index contributed by atoms with van der Waals surface area (Å²) in [5.41, 5.74) is 3.22. The summed E-state index contributed by atoms with van der Waals surface area (Å²) in [5.74, 6) is -0.0568. The van der Waals surface area contributed by atoms with Crippen LogP contribution in [-0.2, 0) is 17.8 Å². The molecule has 0 saturated carbocycles. The third kappa shape index (κ3) is 4.76. The van der Waals surface area contributed by atoms with E-state index in [1.165, 1.54) is 17.4 Å². The van der Waals surface area contributed by atoms with Gasteiger partial charge in [-0.2, -0.15) is 0 Å². The van der Waals surface area contributed by atoms with Gasteiger partial charge >= 0.3 is 6.03 Å². The number of benzene rings is 1. The lowest BCUT2D eigenvalue weighted by molar-refractivity contribution is -0.118. The molecule has 2 heterocycles. The molecule has 0 saturated heterocycles. The molecule has 138 valence electrons. The molecule has 6 nitrogen and oxygen atoms in total. The summed E-state index contributed by atoms with van der Waals surface area (Å²) in [7, 11) is 0. The zero-order chi connectivity index (χ0) is 18.4. The number of carbonyl (C=O) groups is 2. The molecule has 1 aliphatic heterocycles. The molecule has 0 fully saturated rings. The number of rotatable bonds is 6. The number of nitrogens with one attached hydrogen (secondary N) is 3. The average Bonchev–Trinajstić information content (AvgIpc) is 3.09. The monoisotopic (exact) mass is 372 g/mol. The summed E-state index contributed by atoms with van der Waals surface area (Å²) < 4.78 is 0. The predicted molar refractivity (Wildman–Crippen MR) is 106 cm³/mol. The van der Waals surface area contributed by atoms with Crippen LogP contribution < -0.4 is 20.9 Å². The lowest BCUT2D eigenvalue weighted by Crippen LogP contribution is -2.33. The maximum atomic E-state index is 12.2. The van der Waals surface area contributed by atoms with Crippen molar-refractivity contribution in [2.24, 2.45) is 0 Å². The number of anilines is 2. The molecule has 0 atom stereocenters. The van der Waals surface area contributed by atoms with Crippen molar-refractivity contribution in [2.75, 3.05) is 29.9 Å². The van der Waals surface area contributed by atoms with Crippen LogP contribution in [0.1, 0.15) is 23.8 Å². The molecule has 1 aliphatic rings. The zero-order valence-corrected chi connectivity index (χ0v) is 15.7. The third-order valence-corrected chi connectivity index (χ3v) is 5.34. The summed E-state index contributed by atoms with van der Waals surface area (Å²) in [4.78, 5) is 26.8. The Balaban J connectivity index is 1.56. The van der Waals surface area contributed by atoms with Gasteiger partial charge in [0.05, 0.1) is 11.4 Å². The molecule has 3 N–H and O–H groups in total. The summed E-state index contributed by atoms with van der Waals surface area (Å²) in [6, 6.07) is 9.85. The number of urea groups is 1. The molecule has 2 aromatic rings. The molecule has 1 aromatic heterocycles. The first-order valence-corrected chi connectivity index (χ1v) is 9.70. The van der Waals surface area contributed by atoms with Crippen molar-refractivity contribution in [1.29, 1.82) is 0 Å². The first kappa shape index (κ1) is 18.3. The third-order valence-electron chi connectivity index (χ3n) is 4.31. The fraction of sp³-hybridized carbons (Fsp3) is 0.368. The smallest absolute Gasteiger partial charge is 0.319 e. The van der Waals surface area contributed by atoms with Crippen LogP contribution >= 0.6 is 11.3 Å². The van der Waals surface area contributed by atoms with Gasteiger partial charge in [-0.15, -0.1) is 11.3 Å². The highest BCUT2D eigenvalue weighted by molar-refractivity contribution is 7.10. The van der Waals surface area contributed by atoms with Crippen LogP contribution in [0.25, 0.3) is 0 Å². The van der Waals surface area contributed by atoms with E-state index >= 15 is 0 Å². The standard InChI is InChI=1S/C19H24N4O2S/c1-14(24)20-9-4-10-21-19(25)22-16-5-2-3-6-17(16)23-11-7-18-15(13-23)8-12-26-18/h2-3,5-6,8,12H,4,7,9-11,13H2,1H3,(H,20,24)(H2,21,22,25). The van der Waals surface area contributed by atoms with E-state index in [9.17, 15) is 9.59 Å². The largest absolute Gasteiger partial charge is 0.365 e. The number of hydrogen-bond donors (Lipinski definition) is 3. The maximum Gasteiger partial charge on any atom is 0.319 e. The van der Waals surface area contributed by atoms with E-state index in [4.69, 9.17) is 0 Å². The highest BCUT2D eigenvalue weighted by Crippen LogP contribution is 2.32. The topological polar surface area (TPSA) is 73.5 Å². The lowest BCUT2D eigenvalue weighted by Gasteiger charge is -2.30. The summed E-state index contributed by atoms with van der Waals surface area (Å²) in [5, 5.41) is 10.6. The van der Waals surface area contributed by atoms with Crippen molar-refractivity contribution in [2.45, 2.75) is 26.3 Å². The van der Waals surface area contributed by atoms with Gasteiger partial charge in [0.2, 0.25) is 5.91 Å². The van der Waals surface area contributed by atoms with Crippen molar-refractivity contribution in [3.8, 4) is 0 Å². The van der Waals surface area contributed by atoms with Crippen molar-refractivity contribution < 1.29 is 9.59 Å². The number of thiophene rings is 1. The van der Waals surface area contributed by atoms with Crippen LogP contribution in [0.5, 0.6) is 0 Å². The molecule has 26 heavy (non-hydrogen) atoms. The second kappa shape index (κ2) is 8.71. The van der Waals surface area contributed by atoms with Gasteiger partial charge in [0.1, 0.15) is 0 Å². The summed E-state index contributed by atoms with van der Waals surface area (Å²) in [6.45, 7) is 4.37. The van der Waals surface area contributed by atoms with Gasteiger partial charge in [0, 0.05) is 38.0 Å². The quantitative estimate of drug-likeness (QED) is 0.683. The average molecular weight is 372 g/mol. The Bertz CT molecular complexity index is 774. The molecule has 0 spiro atoms. The summed E-state index contributed by atoms with van der Waals surface area (Å²) >= 11 is 1.82. The van der Waals surface area contributed by atoms with Gasteiger partial charge in [-0.3, -0.25) is 4.79 Å². The minimum absolute atomic E-state index is 0.0568. The highest BCUT2D eigenvalue weighted by atomic mass is 32.1. The molecular formula is C19H24N4O2S. The molecule has 0 radical (unpaired) electrons. The Labute approximate surface area is 157 Å².